The lowest BCUT2D eigenvalue weighted by Crippen LogP contribution is -2.51. The minimum atomic E-state index is -0.305. The van der Waals surface area contributed by atoms with E-state index >= 15 is 0 Å². The molecule has 0 saturated heterocycles. The largest absolute Gasteiger partial charge is 0.339 e. The number of hydrogen-bond acceptors (Lipinski definition) is 3. The zero-order valence-electron chi connectivity index (χ0n) is 16.6. The number of nitrogens with one attached hydrogen (secondary N) is 1. The van der Waals surface area contributed by atoms with Crippen LogP contribution in [0.15, 0.2) is 24.3 Å². The Labute approximate surface area is 157 Å². The van der Waals surface area contributed by atoms with Crippen molar-refractivity contribution >= 4 is 17.5 Å². The number of amides is 2. The molecule has 1 aliphatic carbocycles. The molecule has 2 amide bonds. The average Bonchev–Trinajstić information content (AvgIpc) is 2.64. The number of anilines is 1. The number of aryl methyl sites for hydroxylation is 1. The van der Waals surface area contributed by atoms with Crippen LogP contribution in [0, 0.1) is 6.92 Å². The summed E-state index contributed by atoms with van der Waals surface area (Å²) in [5, 5.41) is 2.89. The van der Waals surface area contributed by atoms with E-state index in [2.05, 4.69) is 5.32 Å². The first-order valence-electron chi connectivity index (χ1n) is 9.79. The van der Waals surface area contributed by atoms with Gasteiger partial charge in [0.2, 0.25) is 11.8 Å². The highest BCUT2D eigenvalue weighted by Gasteiger charge is 2.29. The monoisotopic (exact) mass is 359 g/mol. The van der Waals surface area contributed by atoms with Crippen molar-refractivity contribution in [3.05, 3.63) is 29.8 Å². The van der Waals surface area contributed by atoms with Crippen molar-refractivity contribution in [1.82, 2.24) is 9.80 Å². The summed E-state index contributed by atoms with van der Waals surface area (Å²) in [4.78, 5) is 29.1. The number of nitrogens with zero attached hydrogens (tertiary/aromatic N) is 2. The van der Waals surface area contributed by atoms with Crippen LogP contribution < -0.4 is 5.32 Å². The zero-order valence-corrected chi connectivity index (χ0v) is 16.6. The van der Waals surface area contributed by atoms with Gasteiger partial charge in [-0.25, -0.2) is 0 Å². The van der Waals surface area contributed by atoms with Crippen molar-refractivity contribution in [2.24, 2.45) is 0 Å². The molecule has 144 valence electrons. The van der Waals surface area contributed by atoms with Crippen molar-refractivity contribution < 1.29 is 9.59 Å². The van der Waals surface area contributed by atoms with E-state index in [1.807, 2.05) is 61.9 Å². The first kappa shape index (κ1) is 20.4. The topological polar surface area (TPSA) is 52.7 Å². The standard InChI is InChI=1S/C21H33N3O2/c1-5-24(19-9-7-6-8-10-19)21(26)17(3)23(4)15-20(25)22-18-13-11-16(2)12-14-18/h11-14,17,19H,5-10,15H2,1-4H3,(H,22,25)/t17-/m0/s1. The van der Waals surface area contributed by atoms with Crippen LogP contribution >= 0.6 is 0 Å². The molecule has 5 nitrogen and oxygen atoms in total. The summed E-state index contributed by atoms with van der Waals surface area (Å²) in [6.45, 7) is 6.88. The van der Waals surface area contributed by atoms with Gasteiger partial charge in [0.05, 0.1) is 12.6 Å². The molecule has 0 unspecified atom stereocenters. The van der Waals surface area contributed by atoms with E-state index in [1.54, 1.807) is 0 Å². The number of rotatable bonds is 7. The predicted molar refractivity (Wildman–Crippen MR) is 106 cm³/mol. The van der Waals surface area contributed by atoms with E-state index in [0.29, 0.717) is 6.04 Å². The maximum absolute atomic E-state index is 12.9. The van der Waals surface area contributed by atoms with Gasteiger partial charge in [-0.05, 0) is 52.8 Å². The molecular weight excluding hydrogens is 326 g/mol. The van der Waals surface area contributed by atoms with Crippen LogP contribution in [-0.4, -0.2) is 53.8 Å². The summed E-state index contributed by atoms with van der Waals surface area (Å²) >= 11 is 0. The van der Waals surface area contributed by atoms with Gasteiger partial charge in [-0.1, -0.05) is 37.0 Å². The lowest BCUT2D eigenvalue weighted by atomic mass is 9.93. The number of carbonyl (C=O) groups excluding carboxylic acids is 2. The molecule has 1 N–H and O–H groups in total. The Morgan fingerprint density at radius 2 is 1.77 bits per heavy atom. The Morgan fingerprint density at radius 1 is 1.15 bits per heavy atom. The average molecular weight is 360 g/mol. The molecule has 5 heteroatoms. The number of hydrogen-bond donors (Lipinski definition) is 1. The van der Waals surface area contributed by atoms with Gasteiger partial charge in [0, 0.05) is 18.3 Å². The third kappa shape index (κ3) is 5.56. The fourth-order valence-electron chi connectivity index (χ4n) is 3.62. The van der Waals surface area contributed by atoms with Gasteiger partial charge in [0.1, 0.15) is 0 Å². The minimum absolute atomic E-state index is 0.100. The van der Waals surface area contributed by atoms with Crippen molar-refractivity contribution in [2.45, 2.75) is 65.0 Å². The van der Waals surface area contributed by atoms with Gasteiger partial charge in [-0.3, -0.25) is 14.5 Å². The van der Waals surface area contributed by atoms with E-state index in [4.69, 9.17) is 0 Å². The molecule has 1 fully saturated rings. The van der Waals surface area contributed by atoms with Crippen molar-refractivity contribution in [3.63, 3.8) is 0 Å². The molecule has 0 radical (unpaired) electrons. The fourth-order valence-corrected chi connectivity index (χ4v) is 3.62. The van der Waals surface area contributed by atoms with Crippen molar-refractivity contribution in [1.29, 1.82) is 0 Å². The summed E-state index contributed by atoms with van der Waals surface area (Å²) in [5.41, 5.74) is 1.94. The number of carbonyl (C=O) groups is 2. The molecule has 0 aliphatic heterocycles. The second-order valence-electron chi connectivity index (χ2n) is 7.42. The molecule has 1 aromatic carbocycles. The highest BCUT2D eigenvalue weighted by molar-refractivity contribution is 5.92. The fraction of sp³-hybridized carbons (Fsp3) is 0.619. The normalized spacial score (nSPS) is 16.3. The summed E-state index contributed by atoms with van der Waals surface area (Å²) in [5.74, 6) is 0.0294. The first-order valence-corrected chi connectivity index (χ1v) is 9.79. The molecule has 1 aromatic rings. The Kier molecular flexibility index (Phi) is 7.64. The Bertz CT molecular complexity index is 594. The van der Waals surface area contributed by atoms with Crippen molar-refractivity contribution in [3.8, 4) is 0 Å². The molecule has 1 saturated carbocycles. The van der Waals surface area contributed by atoms with Crippen LogP contribution in [0.3, 0.4) is 0 Å². The maximum Gasteiger partial charge on any atom is 0.239 e. The van der Waals surface area contributed by atoms with Crippen LogP contribution in [0.25, 0.3) is 0 Å². The molecule has 0 bridgehead atoms. The molecule has 1 atom stereocenters. The van der Waals surface area contributed by atoms with Gasteiger partial charge in [0.15, 0.2) is 0 Å². The first-order chi connectivity index (χ1) is 12.4. The smallest absolute Gasteiger partial charge is 0.239 e. The zero-order chi connectivity index (χ0) is 19.1. The third-order valence-electron chi connectivity index (χ3n) is 5.39. The third-order valence-corrected chi connectivity index (χ3v) is 5.39. The summed E-state index contributed by atoms with van der Waals surface area (Å²) in [6.07, 6.45) is 5.89. The Balaban J connectivity index is 1.89. The highest BCUT2D eigenvalue weighted by atomic mass is 16.2. The van der Waals surface area contributed by atoms with Gasteiger partial charge < -0.3 is 10.2 Å². The second-order valence-corrected chi connectivity index (χ2v) is 7.42. The highest BCUT2D eigenvalue weighted by Crippen LogP contribution is 2.23. The van der Waals surface area contributed by atoms with Crippen LogP contribution in [0.2, 0.25) is 0 Å². The lowest BCUT2D eigenvalue weighted by molar-refractivity contribution is -0.139. The lowest BCUT2D eigenvalue weighted by Gasteiger charge is -2.37. The Morgan fingerprint density at radius 3 is 2.35 bits per heavy atom. The molecular formula is C21H33N3O2. The van der Waals surface area contributed by atoms with Crippen LogP contribution in [-0.2, 0) is 9.59 Å². The quantitative estimate of drug-likeness (QED) is 0.811. The van der Waals surface area contributed by atoms with Crippen molar-refractivity contribution in [2.75, 3.05) is 25.5 Å². The maximum atomic E-state index is 12.9. The van der Waals surface area contributed by atoms with E-state index in [-0.39, 0.29) is 24.4 Å². The molecule has 26 heavy (non-hydrogen) atoms. The predicted octanol–water partition coefficient (Wildman–Crippen LogP) is 3.44. The minimum Gasteiger partial charge on any atom is -0.339 e. The van der Waals surface area contributed by atoms with Gasteiger partial charge in [-0.2, -0.15) is 0 Å². The van der Waals surface area contributed by atoms with E-state index < -0.39 is 0 Å². The molecule has 0 aromatic heterocycles. The number of benzene rings is 1. The van der Waals surface area contributed by atoms with Gasteiger partial charge >= 0.3 is 0 Å². The molecule has 0 spiro atoms. The van der Waals surface area contributed by atoms with Gasteiger partial charge in [0.25, 0.3) is 0 Å². The summed E-state index contributed by atoms with van der Waals surface area (Å²) in [6, 6.07) is 7.77. The van der Waals surface area contributed by atoms with Gasteiger partial charge in [-0.15, -0.1) is 0 Å². The summed E-state index contributed by atoms with van der Waals surface area (Å²) in [7, 11) is 1.84. The Hall–Kier alpha value is -1.88. The van der Waals surface area contributed by atoms with Crippen LogP contribution in [0.1, 0.15) is 51.5 Å². The van der Waals surface area contributed by atoms with Crippen LogP contribution in [0.5, 0.6) is 0 Å². The SMILES string of the molecule is CCN(C(=O)[C@H](C)N(C)CC(=O)Nc1ccc(C)cc1)C1CCCCC1. The molecule has 1 aliphatic rings. The molecule has 2 rings (SSSR count). The second kappa shape index (κ2) is 9.72. The van der Waals surface area contributed by atoms with E-state index in [0.717, 1.165) is 30.6 Å². The van der Waals surface area contributed by atoms with E-state index in [1.165, 1.54) is 19.3 Å². The number of likely N-dealkylation sites (N-methyl/N-ethyl adjacent to an activating group) is 2. The summed E-state index contributed by atoms with van der Waals surface area (Å²) < 4.78 is 0. The van der Waals surface area contributed by atoms with E-state index in [9.17, 15) is 9.59 Å². The molecule has 0 heterocycles. The van der Waals surface area contributed by atoms with Crippen LogP contribution in [0.4, 0.5) is 5.69 Å².